The van der Waals surface area contributed by atoms with Crippen LogP contribution in [-0.2, 0) is 11.8 Å². The molecule has 0 bridgehead atoms. The minimum atomic E-state index is 0. The Morgan fingerprint density at radius 3 is 2.74 bits per heavy atom. The summed E-state index contributed by atoms with van der Waals surface area (Å²) in [6.45, 7) is 5.03. The number of likely N-dealkylation sites (tertiary alicyclic amines) is 1. The van der Waals surface area contributed by atoms with Gasteiger partial charge in [-0.2, -0.15) is 5.10 Å². The van der Waals surface area contributed by atoms with E-state index in [0.717, 1.165) is 38.5 Å². The highest BCUT2D eigenvalue weighted by molar-refractivity contribution is 5.85. The predicted octanol–water partition coefficient (Wildman–Crippen LogP) is 1.95. The topological polar surface area (TPSA) is 62.2 Å². The molecule has 2 N–H and O–H groups in total. The van der Waals surface area contributed by atoms with E-state index in [1.54, 1.807) is 0 Å². The molecule has 27 heavy (non-hydrogen) atoms. The highest BCUT2D eigenvalue weighted by Gasteiger charge is 2.36. The van der Waals surface area contributed by atoms with Gasteiger partial charge in [-0.1, -0.05) is 12.8 Å². The third kappa shape index (κ3) is 5.37. The van der Waals surface area contributed by atoms with Crippen molar-refractivity contribution in [2.45, 2.75) is 44.1 Å². The van der Waals surface area contributed by atoms with Gasteiger partial charge in [-0.05, 0) is 30.7 Å². The van der Waals surface area contributed by atoms with Gasteiger partial charge < -0.3 is 15.5 Å². The van der Waals surface area contributed by atoms with Crippen LogP contribution in [0.5, 0.6) is 0 Å². The van der Waals surface area contributed by atoms with E-state index < -0.39 is 0 Å². The van der Waals surface area contributed by atoms with E-state index in [1.807, 2.05) is 24.1 Å². The Morgan fingerprint density at radius 2 is 2.04 bits per heavy atom. The summed E-state index contributed by atoms with van der Waals surface area (Å²) in [4.78, 5) is 15.4. The van der Waals surface area contributed by atoms with Crippen molar-refractivity contribution in [1.29, 1.82) is 0 Å². The molecule has 3 fully saturated rings. The number of amides is 1. The van der Waals surface area contributed by atoms with Crippen molar-refractivity contribution in [1.82, 2.24) is 25.3 Å². The molecule has 0 aromatic carbocycles. The van der Waals surface area contributed by atoms with Crippen LogP contribution in [-0.4, -0.2) is 59.4 Å². The Kier molecular flexibility index (Phi) is 8.40. The Bertz CT molecular complexity index is 605. The van der Waals surface area contributed by atoms with Crippen molar-refractivity contribution < 1.29 is 4.79 Å². The number of rotatable bonds is 5. The number of hydrogen-bond donors (Lipinski definition) is 2. The second-order valence-electron chi connectivity index (χ2n) is 8.22. The van der Waals surface area contributed by atoms with Crippen molar-refractivity contribution in [3.63, 3.8) is 0 Å². The molecule has 1 aliphatic carbocycles. The average molecular weight is 418 g/mol. The molecule has 3 atom stereocenters. The summed E-state index contributed by atoms with van der Waals surface area (Å²) in [7, 11) is 1.93. The maximum Gasteiger partial charge on any atom is 0.225 e. The molecule has 3 heterocycles. The monoisotopic (exact) mass is 417 g/mol. The standard InChI is InChI=1S/C19H31N5O.2ClH/c1-23-12-15(8-21-23)17-9-20-10-18(17)19(25)22-16-6-7-24(13-16)11-14-4-2-3-5-14;;/h8,12,14,16-18,20H,2-7,9-11,13H2,1H3,(H,22,25);2*1H/t16?,17-,18+;;/m1../s1. The minimum absolute atomic E-state index is 0. The number of halogens is 2. The van der Waals surface area contributed by atoms with Gasteiger partial charge in [-0.15, -0.1) is 24.8 Å². The molecule has 1 unspecified atom stereocenters. The van der Waals surface area contributed by atoms with E-state index in [2.05, 4.69) is 20.6 Å². The van der Waals surface area contributed by atoms with E-state index in [0.29, 0.717) is 6.04 Å². The number of hydrogen-bond acceptors (Lipinski definition) is 4. The molecule has 2 aliphatic heterocycles. The van der Waals surface area contributed by atoms with Crippen LogP contribution >= 0.6 is 24.8 Å². The minimum Gasteiger partial charge on any atom is -0.352 e. The van der Waals surface area contributed by atoms with Crippen LogP contribution < -0.4 is 10.6 Å². The molecule has 154 valence electrons. The predicted molar refractivity (Wildman–Crippen MR) is 112 cm³/mol. The van der Waals surface area contributed by atoms with Crippen molar-refractivity contribution in [2.75, 3.05) is 32.7 Å². The number of nitrogens with zero attached hydrogens (tertiary/aromatic N) is 3. The summed E-state index contributed by atoms with van der Waals surface area (Å²) in [6.07, 6.45) is 10.6. The molecule has 1 amide bonds. The van der Waals surface area contributed by atoms with E-state index in [9.17, 15) is 4.79 Å². The van der Waals surface area contributed by atoms with Crippen LogP contribution in [0, 0.1) is 11.8 Å². The average Bonchev–Trinajstić information content (AvgIpc) is 3.34. The Hall–Kier alpha value is -0.820. The second-order valence-corrected chi connectivity index (χ2v) is 8.22. The number of carbonyl (C=O) groups is 1. The van der Waals surface area contributed by atoms with Crippen molar-refractivity contribution >= 4 is 30.7 Å². The lowest BCUT2D eigenvalue weighted by atomic mass is 9.90. The van der Waals surface area contributed by atoms with Crippen LogP contribution in [0.3, 0.4) is 0 Å². The second kappa shape index (κ2) is 10.1. The van der Waals surface area contributed by atoms with Gasteiger partial charge in [0.2, 0.25) is 5.91 Å². The maximum absolute atomic E-state index is 12.8. The van der Waals surface area contributed by atoms with Crippen LogP contribution in [0.2, 0.25) is 0 Å². The van der Waals surface area contributed by atoms with E-state index in [-0.39, 0.29) is 42.6 Å². The molecule has 0 spiro atoms. The molecular formula is C19H33Cl2N5O. The fourth-order valence-electron chi connectivity index (χ4n) is 4.92. The highest BCUT2D eigenvalue weighted by Crippen LogP contribution is 2.29. The van der Waals surface area contributed by atoms with E-state index >= 15 is 0 Å². The lowest BCUT2D eigenvalue weighted by Crippen LogP contribution is -2.42. The van der Waals surface area contributed by atoms with Gasteiger partial charge in [0.1, 0.15) is 0 Å². The number of nitrogens with one attached hydrogen (secondary N) is 2. The summed E-state index contributed by atoms with van der Waals surface area (Å²) < 4.78 is 1.82. The highest BCUT2D eigenvalue weighted by atomic mass is 35.5. The largest absolute Gasteiger partial charge is 0.352 e. The molecule has 8 heteroatoms. The Morgan fingerprint density at radius 1 is 1.26 bits per heavy atom. The molecule has 1 aromatic rings. The van der Waals surface area contributed by atoms with Gasteiger partial charge in [-0.25, -0.2) is 0 Å². The normalized spacial score (nSPS) is 28.7. The fourth-order valence-corrected chi connectivity index (χ4v) is 4.92. The Labute approximate surface area is 174 Å². The van der Waals surface area contributed by atoms with Gasteiger partial charge in [0.15, 0.2) is 0 Å². The van der Waals surface area contributed by atoms with E-state index in [4.69, 9.17) is 0 Å². The van der Waals surface area contributed by atoms with Crippen LogP contribution in [0.15, 0.2) is 12.4 Å². The Balaban J connectivity index is 0.00000131. The maximum atomic E-state index is 12.8. The summed E-state index contributed by atoms with van der Waals surface area (Å²) in [5.74, 6) is 1.37. The van der Waals surface area contributed by atoms with Crippen molar-refractivity contribution in [3.8, 4) is 0 Å². The van der Waals surface area contributed by atoms with Gasteiger partial charge in [-0.3, -0.25) is 9.48 Å². The van der Waals surface area contributed by atoms with Gasteiger partial charge in [0, 0.05) is 57.9 Å². The first-order valence-electron chi connectivity index (χ1n) is 9.91. The molecular weight excluding hydrogens is 385 g/mol. The zero-order valence-electron chi connectivity index (χ0n) is 16.1. The van der Waals surface area contributed by atoms with Crippen LogP contribution in [0.1, 0.15) is 43.6 Å². The lowest BCUT2D eigenvalue weighted by molar-refractivity contribution is -0.125. The zero-order valence-corrected chi connectivity index (χ0v) is 17.7. The molecule has 4 rings (SSSR count). The quantitative estimate of drug-likeness (QED) is 0.768. The number of carbonyl (C=O) groups excluding carboxylic acids is 1. The smallest absolute Gasteiger partial charge is 0.225 e. The first-order valence-corrected chi connectivity index (χ1v) is 9.91. The third-order valence-electron chi connectivity index (χ3n) is 6.31. The molecule has 6 nitrogen and oxygen atoms in total. The summed E-state index contributed by atoms with van der Waals surface area (Å²) >= 11 is 0. The zero-order chi connectivity index (χ0) is 17.2. The van der Waals surface area contributed by atoms with Crippen LogP contribution in [0.25, 0.3) is 0 Å². The number of aromatic nitrogens is 2. The lowest BCUT2D eigenvalue weighted by Gasteiger charge is -2.22. The summed E-state index contributed by atoms with van der Waals surface area (Å²) in [5, 5.41) is 11.0. The van der Waals surface area contributed by atoms with Crippen LogP contribution in [0.4, 0.5) is 0 Å². The summed E-state index contributed by atoms with van der Waals surface area (Å²) in [6, 6.07) is 0.323. The fraction of sp³-hybridized carbons (Fsp3) is 0.789. The molecule has 2 saturated heterocycles. The van der Waals surface area contributed by atoms with Crippen molar-refractivity contribution in [3.05, 3.63) is 18.0 Å². The van der Waals surface area contributed by atoms with Gasteiger partial charge >= 0.3 is 0 Å². The molecule has 1 aromatic heterocycles. The van der Waals surface area contributed by atoms with E-state index in [1.165, 1.54) is 37.8 Å². The van der Waals surface area contributed by atoms with Crippen molar-refractivity contribution in [2.24, 2.45) is 18.9 Å². The summed E-state index contributed by atoms with van der Waals surface area (Å²) in [5.41, 5.74) is 1.17. The molecule has 1 saturated carbocycles. The first kappa shape index (κ1) is 22.5. The number of aryl methyl sites for hydroxylation is 1. The van der Waals surface area contributed by atoms with Gasteiger partial charge in [0.05, 0.1) is 12.1 Å². The third-order valence-corrected chi connectivity index (χ3v) is 6.31. The molecule has 0 radical (unpaired) electrons. The van der Waals surface area contributed by atoms with Gasteiger partial charge in [0.25, 0.3) is 0 Å². The first-order chi connectivity index (χ1) is 12.2. The SMILES string of the molecule is Cl.Cl.Cn1cc([C@H]2CNC[C@@H]2C(=O)NC2CCN(CC3CCCC3)C2)cn1. The molecule has 3 aliphatic rings.